The van der Waals surface area contributed by atoms with Crippen LogP contribution in [0.4, 0.5) is 40.2 Å². The predicted octanol–water partition coefficient (Wildman–Crippen LogP) is 24.3. The van der Waals surface area contributed by atoms with Gasteiger partial charge in [-0.25, -0.2) is 70.8 Å². The van der Waals surface area contributed by atoms with Gasteiger partial charge in [0.25, 0.3) is 0 Å². The predicted molar refractivity (Wildman–Crippen MR) is 565 cm³/mol. The molecule has 0 saturated carbocycles. The molecule has 0 bridgehead atoms. The van der Waals surface area contributed by atoms with Gasteiger partial charge in [-0.3, -0.25) is 14.8 Å². The molecule has 12 heterocycles. The minimum atomic E-state index is -0.632. The summed E-state index contributed by atoms with van der Waals surface area (Å²) >= 11 is 24.0. The molecule has 9 aromatic heterocycles. The van der Waals surface area contributed by atoms with Crippen molar-refractivity contribution in [3.63, 3.8) is 0 Å². The van der Waals surface area contributed by atoms with Gasteiger partial charge in [-0.2, -0.15) is 28.8 Å². The monoisotopic (exact) mass is 2160 g/mol. The van der Waals surface area contributed by atoms with Crippen molar-refractivity contribution >= 4 is 136 Å². The van der Waals surface area contributed by atoms with E-state index in [9.17, 15) is 28.8 Å². The Morgan fingerprint density at radius 2 is 0.695 bits per heavy atom. The van der Waals surface area contributed by atoms with Crippen LogP contribution in [0.3, 0.4) is 0 Å². The van der Waals surface area contributed by atoms with Gasteiger partial charge >= 0.3 is 29.3 Å². The molecular formula is C106H127Br2Cl3F3N18O8Zn-. The summed E-state index contributed by atoms with van der Waals surface area (Å²) in [4.78, 5) is 136. The number of carbonyl (C=O) groups is 3. The number of aromatic nitrogens is 12. The van der Waals surface area contributed by atoms with E-state index < -0.39 is 57.9 Å². The van der Waals surface area contributed by atoms with E-state index in [2.05, 4.69) is 65.2 Å². The number of carbonyl (C=O) groups excluding carboxylic acids is 3. The van der Waals surface area contributed by atoms with Gasteiger partial charge in [-0.05, 0) is 245 Å². The van der Waals surface area contributed by atoms with Crippen molar-refractivity contribution in [2.45, 2.75) is 264 Å². The Kier molecular flexibility index (Phi) is 36.6. The van der Waals surface area contributed by atoms with Crippen LogP contribution in [0.2, 0.25) is 15.1 Å². The number of aryl methyl sites for hydroxylation is 3. The third kappa shape index (κ3) is 24.2. The Labute approximate surface area is 870 Å². The first-order chi connectivity index (χ1) is 65.3. The number of rotatable bonds is 15. The number of ether oxygens (including phenoxy) is 2. The Morgan fingerprint density at radius 3 is 0.965 bits per heavy atom. The average Bonchev–Trinajstić information content (AvgIpc) is 0.737. The van der Waals surface area contributed by atoms with Crippen LogP contribution in [0.1, 0.15) is 241 Å². The molecule has 748 valence electrons. The maximum atomic E-state index is 15.1. The standard InChI is InChI=1S/C36H44ClFN6O3.C34H38ClFN6O2.C33H37BrClFN6O3.C3H7.BrH.Zn/c1-19(2)28-15-21(5)31(29(39-28)20(3)4)44-33-25(16-26(37)30(40-33)24-13-11-12-14-27(24)38)32(41-34(44)45)42-17-23(7)43(18-22(42)6)35(46)47-36(8,9)10;1-9-28(43)40-16-22(8)41(17-21(40)7)32-24-15-25(35)30(23-12-10-11-13-26(23)36)38-33(24)42(34(44)39-32)31-20(6)14-27(18(2)3)37-29(31)19(4)5;1-17(2)26-28(18(3)13-25(34)37-26)42-30-22(14-23(35)27(38-30)21-11-9-10-12-24(21)36)29(39-31(42)43)40-15-20(5)41(16-19(40)4)32(44)45-33(6,7)8;1-3-2;;/h11-16,19-20,22-23H,17-18H2,1-10H3;9-15,18-19,21-22H,1,16-17H2,2-8H3;9-14,17,19-20H,15-16H2,1-8H3;3H,1-2H3;1H;/q;;;-1;;/t22-,23+;21-,22+;19-,20+;;;/m010.../s1. The van der Waals surface area contributed by atoms with Crippen LogP contribution in [-0.4, -0.2) is 178 Å². The van der Waals surface area contributed by atoms with E-state index in [4.69, 9.17) is 74.2 Å². The van der Waals surface area contributed by atoms with Crippen LogP contribution in [0.25, 0.3) is 83.9 Å². The second-order valence-corrected chi connectivity index (χ2v) is 41.8. The summed E-state index contributed by atoms with van der Waals surface area (Å²) in [6, 6.07) is 28.5. The summed E-state index contributed by atoms with van der Waals surface area (Å²) in [6.45, 7) is 59.0. The Hall–Kier alpha value is -10.6. The zero-order valence-electron chi connectivity index (χ0n) is 85.4. The second-order valence-electron chi connectivity index (χ2n) is 39.7. The Balaban J connectivity index is 0.000000213. The van der Waals surface area contributed by atoms with Gasteiger partial charge in [0.2, 0.25) is 5.91 Å². The van der Waals surface area contributed by atoms with Gasteiger partial charge in [0.05, 0.1) is 82.5 Å². The second kappa shape index (κ2) is 46.0. The molecule has 26 nitrogen and oxygen atoms in total. The van der Waals surface area contributed by atoms with Crippen molar-refractivity contribution in [1.82, 2.24) is 73.3 Å². The molecule has 15 rings (SSSR count). The van der Waals surface area contributed by atoms with Crippen LogP contribution >= 0.6 is 67.7 Å². The number of nitrogens with zero attached hydrogens (tertiary/aromatic N) is 18. The van der Waals surface area contributed by atoms with E-state index in [1.54, 1.807) is 87.5 Å². The number of hydrogen-bond acceptors (Lipinski definition) is 20. The molecule has 3 aliphatic heterocycles. The molecule has 3 aromatic carbocycles. The van der Waals surface area contributed by atoms with Gasteiger partial charge in [0.1, 0.15) is 50.7 Å². The molecule has 141 heavy (non-hydrogen) atoms. The molecule has 3 amide bonds. The smallest absolute Gasteiger partial charge is 0.410 e. The van der Waals surface area contributed by atoms with Gasteiger partial charge in [-0.1, -0.05) is 147 Å². The maximum Gasteiger partial charge on any atom is 0.410 e. The number of pyridine rings is 6. The fraction of sp³-hybridized carbons (Fsp3) is 0.434. The number of halogens is 8. The summed E-state index contributed by atoms with van der Waals surface area (Å²) < 4.78 is 61.7. The number of anilines is 3. The minimum absolute atomic E-state index is 0. The first-order valence-electron chi connectivity index (χ1n) is 47.1. The van der Waals surface area contributed by atoms with Crippen LogP contribution in [0.5, 0.6) is 0 Å². The molecular weight excluding hydrogens is 2040 g/mol. The fourth-order valence-electron chi connectivity index (χ4n) is 17.7. The average molecular weight is 2170 g/mol. The molecule has 3 saturated heterocycles. The van der Waals surface area contributed by atoms with Gasteiger partial charge in [0.15, 0.2) is 16.9 Å². The van der Waals surface area contributed by atoms with E-state index in [0.29, 0.717) is 112 Å². The summed E-state index contributed by atoms with van der Waals surface area (Å²) in [5.41, 5.74) is 7.55. The summed E-state index contributed by atoms with van der Waals surface area (Å²) in [7, 11) is 0. The molecule has 6 atom stereocenters. The van der Waals surface area contributed by atoms with Gasteiger partial charge in [-0.15, -0.1) is 17.0 Å². The van der Waals surface area contributed by atoms with Crippen molar-refractivity contribution in [2.75, 3.05) is 54.0 Å². The molecule has 0 unspecified atom stereocenters. The Bertz CT molecular complexity index is 6910. The first kappa shape index (κ1) is 112. The van der Waals surface area contributed by atoms with E-state index in [0.717, 1.165) is 39.5 Å². The molecule has 0 spiro atoms. The molecule has 35 heteroatoms. The van der Waals surface area contributed by atoms with Crippen molar-refractivity contribution in [2.24, 2.45) is 0 Å². The number of piperazine rings is 3. The number of benzene rings is 3. The third-order valence-electron chi connectivity index (χ3n) is 24.4. The first-order valence-corrected chi connectivity index (χ1v) is 49.0. The zero-order valence-corrected chi connectivity index (χ0v) is 94.0. The van der Waals surface area contributed by atoms with E-state index in [-0.39, 0.29) is 163 Å². The molecule has 0 aliphatic carbocycles. The van der Waals surface area contributed by atoms with Crippen molar-refractivity contribution in [3.05, 3.63) is 242 Å². The van der Waals surface area contributed by atoms with E-state index in [1.165, 1.54) is 38.0 Å². The summed E-state index contributed by atoms with van der Waals surface area (Å²) in [5, 5.41) is 2.25. The number of amides is 3. The summed E-state index contributed by atoms with van der Waals surface area (Å²) in [5.74, 6) is -0.103. The molecule has 12 aromatic rings. The van der Waals surface area contributed by atoms with Crippen LogP contribution in [0.15, 0.2) is 141 Å². The number of hydrogen-bond donors (Lipinski definition) is 0. The van der Waals surface area contributed by atoms with Crippen LogP contribution < -0.4 is 31.8 Å². The maximum absolute atomic E-state index is 15.1. The van der Waals surface area contributed by atoms with Crippen molar-refractivity contribution in [1.29, 1.82) is 0 Å². The van der Waals surface area contributed by atoms with Crippen molar-refractivity contribution in [3.8, 4) is 50.8 Å². The molecule has 0 radical (unpaired) electrons. The largest absolute Gasteiger partial charge is 0.444 e. The molecule has 3 aliphatic rings. The zero-order chi connectivity index (χ0) is 102. The van der Waals surface area contributed by atoms with Crippen LogP contribution in [0, 0.1) is 44.6 Å². The van der Waals surface area contributed by atoms with E-state index >= 15 is 13.2 Å². The third-order valence-corrected chi connectivity index (χ3v) is 25.7. The summed E-state index contributed by atoms with van der Waals surface area (Å²) in [6.07, 6.45) is 2.53. The van der Waals surface area contributed by atoms with Gasteiger partial charge in [0, 0.05) is 123 Å². The quantitative estimate of drug-likeness (QED) is 0.0399. The van der Waals surface area contributed by atoms with Crippen molar-refractivity contribution < 1.29 is 56.5 Å². The van der Waals surface area contributed by atoms with Gasteiger partial charge < -0.3 is 45.3 Å². The van der Waals surface area contributed by atoms with Crippen LogP contribution in [-0.2, 0) is 33.7 Å². The minimum Gasteiger partial charge on any atom is -0.444 e. The van der Waals surface area contributed by atoms with E-state index in [1.807, 2.05) is 199 Å². The Morgan fingerprint density at radius 1 is 0.426 bits per heavy atom. The molecule has 3 fully saturated rings. The molecule has 0 N–H and O–H groups in total. The topological polar surface area (TPSA) is 271 Å². The number of fused-ring (bicyclic) bond motifs is 3. The normalized spacial score (nSPS) is 16.8. The SMILES string of the molecule is Br.C=CC(=O)N1C[C@H](C)N(c2nc(=O)n(-c3c(C)cc(C(C)C)nc3C(C)C)c3nc(-c4ccccc4F)c(Cl)cc23)C[C@H]1C.C[CH-]C.Cc1cc(Br)nc(C(C)C)c1-n1c(=O)nc(N2C[C@@H](C)N(C(=O)OC(C)(C)C)C[C@@H]2C)c2cc(Cl)c(-c3ccccc3F)nc21.Cc1cc(C(C)C)nc(C(C)C)c1-n1c(=O)nc(N2C[C@@H](C)N(C(=O)OC(C)(C)C)C[C@@H]2C)c2cc(Cl)c(-c3ccccc3F)nc21.[Zn]. The fourth-order valence-corrected chi connectivity index (χ4v) is 19.0.